The number of rotatable bonds is 8. The molecule has 0 radical (unpaired) electrons. The van der Waals surface area contributed by atoms with Crippen LogP contribution in [0.4, 0.5) is 0 Å². The van der Waals surface area contributed by atoms with Gasteiger partial charge in [0, 0.05) is 10.7 Å². The molecule has 3 heteroatoms. The van der Waals surface area contributed by atoms with E-state index in [1.165, 1.54) is 47.8 Å². The Morgan fingerprint density at radius 2 is 2.00 bits per heavy atom. The molecule has 0 bridgehead atoms. The summed E-state index contributed by atoms with van der Waals surface area (Å²) in [5.41, 5.74) is 4.35. The van der Waals surface area contributed by atoms with Crippen molar-refractivity contribution >= 4 is 21.4 Å². The van der Waals surface area contributed by atoms with Gasteiger partial charge >= 0.3 is 0 Å². The minimum atomic E-state index is 0.281. The van der Waals surface area contributed by atoms with Gasteiger partial charge in [0.25, 0.3) is 0 Å². The molecule has 1 aromatic heterocycles. The molecule has 1 atom stereocenters. The highest BCUT2D eigenvalue weighted by Crippen LogP contribution is 2.31. The van der Waals surface area contributed by atoms with Crippen LogP contribution in [0.1, 0.15) is 57.1 Å². The van der Waals surface area contributed by atoms with Crippen molar-refractivity contribution in [2.24, 2.45) is 5.84 Å². The van der Waals surface area contributed by atoms with E-state index in [9.17, 15) is 0 Å². The molecule has 0 fully saturated rings. The molecule has 0 amide bonds. The van der Waals surface area contributed by atoms with Crippen LogP contribution in [0.5, 0.6) is 0 Å². The fourth-order valence-electron chi connectivity index (χ4n) is 2.57. The molecule has 1 aromatic carbocycles. The van der Waals surface area contributed by atoms with Crippen LogP contribution in [0.3, 0.4) is 0 Å². The lowest BCUT2D eigenvalue weighted by Gasteiger charge is -2.17. The first-order valence-electron chi connectivity index (χ1n) is 7.29. The summed E-state index contributed by atoms with van der Waals surface area (Å²) in [5.74, 6) is 5.76. The zero-order valence-corrected chi connectivity index (χ0v) is 12.5. The van der Waals surface area contributed by atoms with Gasteiger partial charge in [0.2, 0.25) is 0 Å². The molecule has 0 aliphatic heterocycles. The number of hydrazine groups is 1. The maximum Gasteiger partial charge on any atom is 0.0474 e. The van der Waals surface area contributed by atoms with Gasteiger partial charge < -0.3 is 0 Å². The fraction of sp³-hybridized carbons (Fsp3) is 0.500. The molecule has 19 heavy (non-hydrogen) atoms. The van der Waals surface area contributed by atoms with Gasteiger partial charge in [-0.15, -0.1) is 11.3 Å². The SMILES string of the molecule is CCCCCCCC(NN)c1cccc2ccsc12. The van der Waals surface area contributed by atoms with Crippen molar-refractivity contribution in [3.05, 3.63) is 35.2 Å². The summed E-state index contributed by atoms with van der Waals surface area (Å²) in [6.07, 6.45) is 7.67. The summed E-state index contributed by atoms with van der Waals surface area (Å²) in [7, 11) is 0. The van der Waals surface area contributed by atoms with Gasteiger partial charge in [0.15, 0.2) is 0 Å². The van der Waals surface area contributed by atoms with Crippen LogP contribution in [0.2, 0.25) is 0 Å². The first-order chi connectivity index (χ1) is 9.36. The molecule has 0 saturated heterocycles. The minimum Gasteiger partial charge on any atom is -0.271 e. The molecule has 1 unspecified atom stereocenters. The predicted octanol–water partition coefficient (Wildman–Crippen LogP) is 4.77. The number of hydrogen-bond acceptors (Lipinski definition) is 3. The Labute approximate surface area is 120 Å². The number of benzene rings is 1. The average molecular weight is 276 g/mol. The van der Waals surface area contributed by atoms with Crippen molar-refractivity contribution in [2.75, 3.05) is 0 Å². The van der Waals surface area contributed by atoms with Gasteiger partial charge in [0.1, 0.15) is 0 Å². The Bertz CT molecular complexity index is 492. The van der Waals surface area contributed by atoms with E-state index in [1.807, 2.05) is 11.3 Å². The van der Waals surface area contributed by atoms with Crippen molar-refractivity contribution in [1.29, 1.82) is 0 Å². The highest BCUT2D eigenvalue weighted by Gasteiger charge is 2.13. The second-order valence-electron chi connectivity index (χ2n) is 5.11. The summed E-state index contributed by atoms with van der Waals surface area (Å²) in [5, 5.41) is 3.48. The molecule has 0 spiro atoms. The molecule has 0 saturated carbocycles. The molecule has 0 aliphatic carbocycles. The Morgan fingerprint density at radius 3 is 2.79 bits per heavy atom. The van der Waals surface area contributed by atoms with Gasteiger partial charge in [-0.2, -0.15) is 0 Å². The van der Waals surface area contributed by atoms with Gasteiger partial charge in [-0.1, -0.05) is 57.2 Å². The van der Waals surface area contributed by atoms with Crippen molar-refractivity contribution in [3.63, 3.8) is 0 Å². The van der Waals surface area contributed by atoms with Crippen molar-refractivity contribution in [2.45, 2.75) is 51.5 Å². The van der Waals surface area contributed by atoms with E-state index in [0.717, 1.165) is 6.42 Å². The molecule has 1 heterocycles. The number of nitrogens with one attached hydrogen (secondary N) is 1. The van der Waals surface area contributed by atoms with E-state index < -0.39 is 0 Å². The quantitative estimate of drug-likeness (QED) is 0.414. The molecule has 3 N–H and O–H groups in total. The second-order valence-corrected chi connectivity index (χ2v) is 6.02. The average Bonchev–Trinajstić information content (AvgIpc) is 2.91. The number of unbranched alkanes of at least 4 members (excludes halogenated alkanes) is 4. The monoisotopic (exact) mass is 276 g/mol. The number of fused-ring (bicyclic) bond motifs is 1. The number of nitrogens with two attached hydrogens (primary N) is 1. The molecular formula is C16H24N2S. The zero-order valence-electron chi connectivity index (χ0n) is 11.7. The first-order valence-corrected chi connectivity index (χ1v) is 8.17. The van der Waals surface area contributed by atoms with Crippen molar-refractivity contribution in [1.82, 2.24) is 5.43 Å². The summed E-state index contributed by atoms with van der Waals surface area (Å²) in [6, 6.07) is 8.97. The lowest BCUT2D eigenvalue weighted by atomic mass is 9.99. The van der Waals surface area contributed by atoms with E-state index in [2.05, 4.69) is 42.0 Å². The highest BCUT2D eigenvalue weighted by atomic mass is 32.1. The van der Waals surface area contributed by atoms with E-state index >= 15 is 0 Å². The molecule has 0 aliphatic rings. The van der Waals surface area contributed by atoms with Gasteiger partial charge in [-0.05, 0) is 28.8 Å². The maximum atomic E-state index is 5.76. The van der Waals surface area contributed by atoms with Crippen LogP contribution >= 0.6 is 11.3 Å². The number of hydrogen-bond donors (Lipinski definition) is 2. The van der Waals surface area contributed by atoms with E-state index in [0.29, 0.717) is 0 Å². The molecule has 104 valence electrons. The lowest BCUT2D eigenvalue weighted by molar-refractivity contribution is 0.481. The predicted molar refractivity (Wildman–Crippen MR) is 85.3 cm³/mol. The van der Waals surface area contributed by atoms with Crippen LogP contribution in [-0.4, -0.2) is 0 Å². The Hall–Kier alpha value is -0.900. The third-order valence-corrected chi connectivity index (χ3v) is 4.66. The smallest absolute Gasteiger partial charge is 0.0474 e. The summed E-state index contributed by atoms with van der Waals surface area (Å²) >= 11 is 1.81. The molecule has 2 aromatic rings. The van der Waals surface area contributed by atoms with Crippen molar-refractivity contribution in [3.8, 4) is 0 Å². The molecule has 2 rings (SSSR count). The van der Waals surface area contributed by atoms with Crippen LogP contribution in [0, 0.1) is 0 Å². The summed E-state index contributed by atoms with van der Waals surface area (Å²) in [4.78, 5) is 0. The van der Waals surface area contributed by atoms with E-state index in [-0.39, 0.29) is 6.04 Å². The van der Waals surface area contributed by atoms with Crippen LogP contribution in [0.25, 0.3) is 10.1 Å². The third-order valence-electron chi connectivity index (χ3n) is 3.68. The summed E-state index contributed by atoms with van der Waals surface area (Å²) < 4.78 is 1.37. The minimum absolute atomic E-state index is 0.281. The largest absolute Gasteiger partial charge is 0.271 e. The standard InChI is InChI=1S/C16H24N2S/c1-2-3-4-5-6-10-15(18-17)14-9-7-8-13-11-12-19-16(13)14/h7-9,11-12,15,18H,2-6,10,17H2,1H3. The maximum absolute atomic E-state index is 5.76. The van der Waals surface area contributed by atoms with E-state index in [4.69, 9.17) is 5.84 Å². The Kier molecular flexibility index (Phi) is 5.83. The van der Waals surface area contributed by atoms with Gasteiger partial charge in [0.05, 0.1) is 0 Å². The first kappa shape index (κ1) is 14.5. The van der Waals surface area contributed by atoms with E-state index in [1.54, 1.807) is 0 Å². The van der Waals surface area contributed by atoms with Crippen LogP contribution < -0.4 is 11.3 Å². The van der Waals surface area contributed by atoms with Gasteiger partial charge in [-0.25, -0.2) is 0 Å². The normalized spacial score (nSPS) is 12.9. The van der Waals surface area contributed by atoms with Crippen LogP contribution in [0.15, 0.2) is 29.6 Å². The zero-order chi connectivity index (χ0) is 13.5. The Balaban J connectivity index is 1.99. The molecule has 2 nitrogen and oxygen atoms in total. The highest BCUT2D eigenvalue weighted by molar-refractivity contribution is 7.17. The Morgan fingerprint density at radius 1 is 1.16 bits per heavy atom. The summed E-state index contributed by atoms with van der Waals surface area (Å²) in [6.45, 7) is 2.25. The second kappa shape index (κ2) is 7.63. The van der Waals surface area contributed by atoms with Crippen molar-refractivity contribution < 1.29 is 0 Å². The number of thiophene rings is 1. The lowest BCUT2D eigenvalue weighted by Crippen LogP contribution is -2.28. The third kappa shape index (κ3) is 3.78. The van der Waals surface area contributed by atoms with Crippen LogP contribution in [-0.2, 0) is 0 Å². The van der Waals surface area contributed by atoms with Gasteiger partial charge in [-0.3, -0.25) is 11.3 Å². The fourth-order valence-corrected chi connectivity index (χ4v) is 3.54. The molecular weight excluding hydrogens is 252 g/mol. The topological polar surface area (TPSA) is 38.0 Å².